The Morgan fingerprint density at radius 2 is 1.95 bits per heavy atom. The highest BCUT2D eigenvalue weighted by molar-refractivity contribution is 9.10. The van der Waals surface area contributed by atoms with Gasteiger partial charge in [-0.1, -0.05) is 28.1 Å². The van der Waals surface area contributed by atoms with Crippen LogP contribution in [0, 0.1) is 5.92 Å². The van der Waals surface area contributed by atoms with Gasteiger partial charge in [-0.2, -0.15) is 5.10 Å². The monoisotopic (exact) mass is 359 g/mol. The van der Waals surface area contributed by atoms with Gasteiger partial charge in [0.25, 0.3) is 5.91 Å². The molecule has 2 aliphatic carbocycles. The first-order valence-corrected chi connectivity index (χ1v) is 8.62. The maximum atomic E-state index is 12.7. The molecule has 1 N–H and O–H groups in total. The molecular weight excluding hydrogens is 342 g/mol. The topological polar surface area (TPSA) is 49.0 Å². The molecule has 1 heterocycles. The number of carbonyl (C=O) groups is 1. The van der Waals surface area contributed by atoms with Gasteiger partial charge in [-0.25, -0.2) is 0 Å². The smallest absolute Gasteiger partial charge is 0.272 e. The van der Waals surface area contributed by atoms with E-state index in [1.165, 1.54) is 12.8 Å². The molecule has 0 radical (unpaired) electrons. The average molecular weight is 360 g/mol. The summed E-state index contributed by atoms with van der Waals surface area (Å²) >= 11 is 3.43. The van der Waals surface area contributed by atoms with E-state index in [9.17, 15) is 4.79 Å². The van der Waals surface area contributed by atoms with Gasteiger partial charge in [0.15, 0.2) is 0 Å². The van der Waals surface area contributed by atoms with Crippen LogP contribution in [0.5, 0.6) is 0 Å². The maximum absolute atomic E-state index is 12.7. The standard InChI is InChI=1S/C17H18BrN3O/c18-13-5-3-12(4-6-13)15-9-16(20-19-15)17(22)21(14-7-8-14)10-11-1-2-11/h3-6,9,11,14H,1-2,7-8,10H2,(H,19,20). The molecule has 2 fully saturated rings. The van der Waals surface area contributed by atoms with Crippen LogP contribution in [0.4, 0.5) is 0 Å². The van der Waals surface area contributed by atoms with Crippen LogP contribution in [0.1, 0.15) is 36.2 Å². The van der Waals surface area contributed by atoms with Gasteiger partial charge in [0.2, 0.25) is 0 Å². The van der Waals surface area contributed by atoms with Gasteiger partial charge in [0.05, 0.1) is 5.69 Å². The van der Waals surface area contributed by atoms with Crippen molar-refractivity contribution in [1.82, 2.24) is 15.1 Å². The lowest BCUT2D eigenvalue weighted by atomic mass is 10.1. The second-order valence-electron chi connectivity index (χ2n) is 6.31. The Balaban J connectivity index is 1.54. The second kappa shape index (κ2) is 5.54. The van der Waals surface area contributed by atoms with Crippen molar-refractivity contribution >= 4 is 21.8 Å². The highest BCUT2D eigenvalue weighted by atomic mass is 79.9. The highest BCUT2D eigenvalue weighted by Crippen LogP contribution is 2.35. The van der Waals surface area contributed by atoms with E-state index in [1.807, 2.05) is 30.3 Å². The molecule has 4 rings (SSSR count). The Kier molecular flexibility index (Phi) is 3.53. The number of nitrogens with zero attached hydrogens (tertiary/aromatic N) is 2. The Labute approximate surface area is 138 Å². The van der Waals surface area contributed by atoms with Crippen molar-refractivity contribution in [3.8, 4) is 11.3 Å². The molecule has 1 aromatic heterocycles. The van der Waals surface area contributed by atoms with Crippen molar-refractivity contribution in [2.24, 2.45) is 5.92 Å². The summed E-state index contributed by atoms with van der Waals surface area (Å²) < 4.78 is 1.03. The number of halogens is 1. The van der Waals surface area contributed by atoms with Crippen LogP contribution in [-0.2, 0) is 0 Å². The van der Waals surface area contributed by atoms with E-state index in [4.69, 9.17) is 0 Å². The number of H-pyrrole nitrogens is 1. The third-order valence-electron chi connectivity index (χ3n) is 4.35. The van der Waals surface area contributed by atoms with Crippen molar-refractivity contribution in [3.63, 3.8) is 0 Å². The van der Waals surface area contributed by atoms with Crippen LogP contribution >= 0.6 is 15.9 Å². The molecule has 0 saturated heterocycles. The molecule has 2 aliphatic rings. The molecule has 5 heteroatoms. The molecule has 2 saturated carbocycles. The molecule has 22 heavy (non-hydrogen) atoms. The summed E-state index contributed by atoms with van der Waals surface area (Å²) in [6.45, 7) is 0.913. The van der Waals surface area contributed by atoms with E-state index in [-0.39, 0.29) is 5.91 Å². The Hall–Kier alpha value is -1.62. The summed E-state index contributed by atoms with van der Waals surface area (Å²) in [5.74, 6) is 0.823. The predicted molar refractivity (Wildman–Crippen MR) is 88.5 cm³/mol. The van der Waals surface area contributed by atoms with Crippen molar-refractivity contribution in [1.29, 1.82) is 0 Å². The molecular formula is C17H18BrN3O. The molecule has 0 spiro atoms. The van der Waals surface area contributed by atoms with Gasteiger partial charge in [0.1, 0.15) is 5.69 Å². The number of hydrogen-bond acceptors (Lipinski definition) is 2. The van der Waals surface area contributed by atoms with E-state index in [0.29, 0.717) is 11.7 Å². The predicted octanol–water partition coefficient (Wildman–Crippen LogP) is 3.85. The first-order chi connectivity index (χ1) is 10.7. The zero-order chi connectivity index (χ0) is 15.1. The fraction of sp³-hybridized carbons (Fsp3) is 0.412. The summed E-state index contributed by atoms with van der Waals surface area (Å²) in [6.07, 6.45) is 4.82. The number of amides is 1. The van der Waals surface area contributed by atoms with Crippen LogP contribution in [0.15, 0.2) is 34.8 Å². The minimum absolute atomic E-state index is 0.102. The third kappa shape index (κ3) is 2.95. The quantitative estimate of drug-likeness (QED) is 0.881. The van der Waals surface area contributed by atoms with E-state index in [1.54, 1.807) is 0 Å². The summed E-state index contributed by atoms with van der Waals surface area (Å²) in [4.78, 5) is 14.8. The van der Waals surface area contributed by atoms with Gasteiger partial charge in [-0.3, -0.25) is 9.89 Å². The van der Waals surface area contributed by atoms with E-state index in [2.05, 4.69) is 31.0 Å². The van der Waals surface area contributed by atoms with E-state index < -0.39 is 0 Å². The Morgan fingerprint density at radius 1 is 1.23 bits per heavy atom. The van der Waals surface area contributed by atoms with Crippen molar-refractivity contribution in [2.45, 2.75) is 31.7 Å². The molecule has 1 aromatic carbocycles. The summed E-state index contributed by atoms with van der Waals surface area (Å²) in [5, 5.41) is 7.23. The second-order valence-corrected chi connectivity index (χ2v) is 7.22. The number of nitrogens with one attached hydrogen (secondary N) is 1. The highest BCUT2D eigenvalue weighted by Gasteiger charge is 2.37. The minimum atomic E-state index is 0.102. The molecule has 0 aliphatic heterocycles. The molecule has 114 valence electrons. The fourth-order valence-electron chi connectivity index (χ4n) is 2.72. The first kappa shape index (κ1) is 14.0. The van der Waals surface area contributed by atoms with Gasteiger partial charge in [0, 0.05) is 22.6 Å². The van der Waals surface area contributed by atoms with Gasteiger partial charge in [-0.15, -0.1) is 0 Å². The molecule has 0 unspecified atom stereocenters. The molecule has 0 atom stereocenters. The number of hydrogen-bond donors (Lipinski definition) is 1. The Bertz CT molecular complexity index is 686. The number of benzene rings is 1. The normalized spacial score (nSPS) is 17.5. The summed E-state index contributed by atoms with van der Waals surface area (Å²) in [7, 11) is 0. The average Bonchev–Trinajstić information content (AvgIpc) is 3.44. The lowest BCUT2D eigenvalue weighted by molar-refractivity contribution is 0.0729. The van der Waals surface area contributed by atoms with Crippen LogP contribution in [0.25, 0.3) is 11.3 Å². The largest absolute Gasteiger partial charge is 0.334 e. The number of aromatic amines is 1. The first-order valence-electron chi connectivity index (χ1n) is 7.83. The summed E-state index contributed by atoms with van der Waals surface area (Å²) in [5.41, 5.74) is 2.43. The number of rotatable bonds is 5. The minimum Gasteiger partial charge on any atom is -0.334 e. The van der Waals surface area contributed by atoms with Crippen LogP contribution in [0.2, 0.25) is 0 Å². The SMILES string of the molecule is O=C(c1cc(-c2ccc(Br)cc2)n[nH]1)N(CC1CC1)C1CC1. The third-order valence-corrected chi connectivity index (χ3v) is 4.88. The van der Waals surface area contributed by atoms with Gasteiger partial charge >= 0.3 is 0 Å². The number of carbonyl (C=O) groups excluding carboxylic acids is 1. The molecule has 0 bridgehead atoms. The molecule has 1 amide bonds. The van der Waals surface area contributed by atoms with Gasteiger partial charge in [-0.05, 0) is 49.8 Å². The lowest BCUT2D eigenvalue weighted by Crippen LogP contribution is -2.35. The molecule has 2 aromatic rings. The van der Waals surface area contributed by atoms with E-state index in [0.717, 1.165) is 41.0 Å². The molecule has 4 nitrogen and oxygen atoms in total. The van der Waals surface area contributed by atoms with Crippen LogP contribution in [-0.4, -0.2) is 33.6 Å². The number of aromatic nitrogens is 2. The van der Waals surface area contributed by atoms with Crippen molar-refractivity contribution in [2.75, 3.05) is 6.54 Å². The lowest BCUT2D eigenvalue weighted by Gasteiger charge is -2.21. The maximum Gasteiger partial charge on any atom is 0.272 e. The van der Waals surface area contributed by atoms with Crippen LogP contribution in [0.3, 0.4) is 0 Å². The van der Waals surface area contributed by atoms with Gasteiger partial charge < -0.3 is 4.90 Å². The van der Waals surface area contributed by atoms with Crippen molar-refractivity contribution < 1.29 is 4.79 Å². The van der Waals surface area contributed by atoms with E-state index >= 15 is 0 Å². The zero-order valence-electron chi connectivity index (χ0n) is 12.3. The summed E-state index contributed by atoms with van der Waals surface area (Å²) in [6, 6.07) is 10.3. The Morgan fingerprint density at radius 3 is 2.59 bits per heavy atom. The zero-order valence-corrected chi connectivity index (χ0v) is 13.8. The van der Waals surface area contributed by atoms with Crippen LogP contribution < -0.4 is 0 Å². The fourth-order valence-corrected chi connectivity index (χ4v) is 2.98. The van der Waals surface area contributed by atoms with Crippen molar-refractivity contribution in [3.05, 3.63) is 40.5 Å².